The van der Waals surface area contributed by atoms with Crippen molar-refractivity contribution >= 4 is 51.9 Å². The minimum atomic E-state index is -1.73. The van der Waals surface area contributed by atoms with Crippen LogP contribution in [0.1, 0.15) is 28.3 Å². The second-order valence-corrected chi connectivity index (χ2v) is 7.13. The highest BCUT2D eigenvalue weighted by molar-refractivity contribution is 14.1. The van der Waals surface area contributed by atoms with Crippen molar-refractivity contribution in [2.45, 2.75) is 12.3 Å². The van der Waals surface area contributed by atoms with Gasteiger partial charge in [0.2, 0.25) is 0 Å². The molecule has 2 aromatic carbocycles. The fraction of sp³-hybridized carbons (Fsp3) is 0.167. The second kappa shape index (κ2) is 8.44. The Hall–Kier alpha value is -1.93. The van der Waals surface area contributed by atoms with Crippen LogP contribution in [0, 0.1) is 9.49 Å². The van der Waals surface area contributed by atoms with Gasteiger partial charge in [-0.25, -0.2) is 0 Å². The number of carbonyl (C=O) groups excluding carboxylic acids is 1. The summed E-state index contributed by atoms with van der Waals surface area (Å²) in [6.45, 7) is 0. The minimum absolute atomic E-state index is 0.231. The molecule has 1 atom stereocenters. The molecule has 0 aliphatic rings. The molecule has 0 aliphatic heterocycles. The molecule has 0 saturated carbocycles. The van der Waals surface area contributed by atoms with Crippen molar-refractivity contribution < 1.29 is 24.6 Å². The van der Waals surface area contributed by atoms with Gasteiger partial charge in [-0.2, -0.15) is 0 Å². The number of carbonyl (C=O) groups is 3. The van der Waals surface area contributed by atoms with Crippen LogP contribution in [-0.2, 0) is 9.59 Å². The summed E-state index contributed by atoms with van der Waals surface area (Å²) in [5.41, 5.74) is 0.854. The Morgan fingerprint density at radius 1 is 0.920 bits per heavy atom. The molecule has 7 heteroatoms. The van der Waals surface area contributed by atoms with Crippen LogP contribution in [0.3, 0.4) is 0 Å². The van der Waals surface area contributed by atoms with Gasteiger partial charge >= 0.3 is 11.9 Å². The van der Waals surface area contributed by atoms with E-state index in [1.807, 2.05) is 0 Å². The Balaban J connectivity index is 2.38. The van der Waals surface area contributed by atoms with Crippen LogP contribution >= 0.6 is 34.2 Å². The standard InChI is InChI=1S/C18H14ClIO5/c19-12-5-1-10(2-6-12)14(16(17(22)23)18(24)25)9-15(21)11-3-7-13(20)8-4-11/h1-8,14,16H,9H2,(H,22,23)(H,24,25). The number of Topliss-reactive ketones (excluding diaryl/α,β-unsaturated/α-hetero) is 1. The predicted molar refractivity (Wildman–Crippen MR) is 101 cm³/mol. The van der Waals surface area contributed by atoms with Crippen LogP contribution in [0.4, 0.5) is 0 Å². The second-order valence-electron chi connectivity index (χ2n) is 5.45. The van der Waals surface area contributed by atoms with Gasteiger partial charge in [0.25, 0.3) is 0 Å². The molecular formula is C18H14ClIO5. The highest BCUT2D eigenvalue weighted by Gasteiger charge is 2.37. The molecular weight excluding hydrogens is 459 g/mol. The lowest BCUT2D eigenvalue weighted by Crippen LogP contribution is -2.31. The highest BCUT2D eigenvalue weighted by Crippen LogP contribution is 2.31. The molecule has 0 amide bonds. The summed E-state index contributed by atoms with van der Waals surface area (Å²) in [4.78, 5) is 35.5. The van der Waals surface area contributed by atoms with Crippen molar-refractivity contribution in [1.82, 2.24) is 0 Å². The van der Waals surface area contributed by atoms with E-state index < -0.39 is 23.8 Å². The molecule has 130 valence electrons. The zero-order chi connectivity index (χ0) is 18.6. The van der Waals surface area contributed by atoms with Crippen molar-refractivity contribution in [1.29, 1.82) is 0 Å². The third kappa shape index (κ3) is 5.02. The average Bonchev–Trinajstić information content (AvgIpc) is 2.54. The first kappa shape index (κ1) is 19.4. The van der Waals surface area contributed by atoms with Gasteiger partial charge in [0, 0.05) is 26.5 Å². The van der Waals surface area contributed by atoms with Crippen molar-refractivity contribution in [2.75, 3.05) is 0 Å². The zero-order valence-electron chi connectivity index (χ0n) is 12.9. The zero-order valence-corrected chi connectivity index (χ0v) is 15.8. The lowest BCUT2D eigenvalue weighted by Gasteiger charge is -2.21. The summed E-state index contributed by atoms with van der Waals surface area (Å²) in [5, 5.41) is 19.1. The van der Waals surface area contributed by atoms with Gasteiger partial charge in [0.15, 0.2) is 11.7 Å². The number of aliphatic carboxylic acids is 2. The van der Waals surface area contributed by atoms with Gasteiger partial charge in [-0.1, -0.05) is 35.9 Å². The number of carboxylic acid groups (broad SMARTS) is 2. The topological polar surface area (TPSA) is 91.7 Å². The van der Waals surface area contributed by atoms with Gasteiger partial charge in [0.1, 0.15) is 0 Å². The SMILES string of the molecule is O=C(CC(c1ccc(Cl)cc1)C(C(=O)O)C(=O)O)c1ccc(I)cc1. The summed E-state index contributed by atoms with van der Waals surface area (Å²) in [5.74, 6) is -6.01. The molecule has 2 aromatic rings. The maximum Gasteiger partial charge on any atom is 0.318 e. The normalized spacial score (nSPS) is 12.0. The Bertz CT molecular complexity index is 772. The molecule has 2 rings (SSSR count). The highest BCUT2D eigenvalue weighted by atomic mass is 127. The summed E-state index contributed by atoms with van der Waals surface area (Å²) < 4.78 is 0.956. The van der Waals surface area contributed by atoms with E-state index in [0.29, 0.717) is 16.1 Å². The molecule has 0 spiro atoms. The summed E-state index contributed by atoms with van der Waals surface area (Å²) >= 11 is 7.94. The molecule has 2 N–H and O–H groups in total. The van der Waals surface area contributed by atoms with Gasteiger partial charge in [-0.3, -0.25) is 14.4 Å². The van der Waals surface area contributed by atoms with Crippen LogP contribution in [-0.4, -0.2) is 27.9 Å². The first-order chi connectivity index (χ1) is 11.8. The molecule has 0 aliphatic carbocycles. The summed E-state index contributed by atoms with van der Waals surface area (Å²) in [6.07, 6.45) is -0.231. The van der Waals surface area contributed by atoms with E-state index in [-0.39, 0.29) is 12.2 Å². The van der Waals surface area contributed by atoms with Crippen molar-refractivity contribution in [3.8, 4) is 0 Å². The third-order valence-electron chi connectivity index (χ3n) is 3.80. The molecule has 0 fully saturated rings. The van der Waals surface area contributed by atoms with Crippen molar-refractivity contribution in [2.24, 2.45) is 5.92 Å². The molecule has 1 unspecified atom stereocenters. The van der Waals surface area contributed by atoms with Crippen LogP contribution < -0.4 is 0 Å². The maximum atomic E-state index is 12.5. The summed E-state index contributed by atoms with van der Waals surface area (Å²) in [6, 6.07) is 13.0. The van der Waals surface area contributed by atoms with E-state index in [4.69, 9.17) is 11.6 Å². The Labute approximate surface area is 162 Å². The fourth-order valence-electron chi connectivity index (χ4n) is 2.54. The third-order valence-corrected chi connectivity index (χ3v) is 4.78. The monoisotopic (exact) mass is 472 g/mol. The molecule has 0 saturated heterocycles. The molecule has 0 bridgehead atoms. The minimum Gasteiger partial charge on any atom is -0.481 e. The van der Waals surface area contributed by atoms with Crippen LogP contribution in [0.25, 0.3) is 0 Å². The number of carboxylic acids is 2. The first-order valence-corrected chi connectivity index (χ1v) is 8.75. The molecule has 0 aromatic heterocycles. The van der Waals surface area contributed by atoms with Gasteiger partial charge in [-0.05, 0) is 52.4 Å². The Morgan fingerprint density at radius 3 is 1.92 bits per heavy atom. The first-order valence-electron chi connectivity index (χ1n) is 7.29. The van der Waals surface area contributed by atoms with E-state index in [2.05, 4.69) is 22.6 Å². The van der Waals surface area contributed by atoms with E-state index in [0.717, 1.165) is 3.57 Å². The number of hydrogen-bond acceptors (Lipinski definition) is 3. The number of ketones is 1. The lowest BCUT2D eigenvalue weighted by molar-refractivity contribution is -0.155. The number of halogens is 2. The largest absolute Gasteiger partial charge is 0.481 e. The summed E-state index contributed by atoms with van der Waals surface area (Å²) in [7, 11) is 0. The fourth-order valence-corrected chi connectivity index (χ4v) is 3.03. The van der Waals surface area contributed by atoms with Gasteiger partial charge in [-0.15, -0.1) is 0 Å². The average molecular weight is 473 g/mol. The van der Waals surface area contributed by atoms with Gasteiger partial charge in [0.05, 0.1) is 0 Å². The van der Waals surface area contributed by atoms with Crippen LogP contribution in [0.2, 0.25) is 5.02 Å². The lowest BCUT2D eigenvalue weighted by atomic mass is 9.81. The van der Waals surface area contributed by atoms with Crippen LogP contribution in [0.5, 0.6) is 0 Å². The van der Waals surface area contributed by atoms with E-state index >= 15 is 0 Å². The Kier molecular flexibility index (Phi) is 6.55. The quantitative estimate of drug-likeness (QED) is 0.360. The number of hydrogen-bond donors (Lipinski definition) is 2. The molecule has 25 heavy (non-hydrogen) atoms. The van der Waals surface area contributed by atoms with E-state index in [1.54, 1.807) is 48.5 Å². The van der Waals surface area contributed by atoms with Crippen molar-refractivity contribution in [3.05, 3.63) is 68.3 Å². The van der Waals surface area contributed by atoms with Crippen molar-refractivity contribution in [3.63, 3.8) is 0 Å². The van der Waals surface area contributed by atoms with Gasteiger partial charge < -0.3 is 10.2 Å². The molecule has 5 nitrogen and oxygen atoms in total. The van der Waals surface area contributed by atoms with Crippen LogP contribution in [0.15, 0.2) is 48.5 Å². The maximum absolute atomic E-state index is 12.5. The molecule has 0 heterocycles. The van der Waals surface area contributed by atoms with E-state index in [9.17, 15) is 24.6 Å². The smallest absolute Gasteiger partial charge is 0.318 e. The number of benzene rings is 2. The molecule has 0 radical (unpaired) electrons. The number of rotatable bonds is 7. The predicted octanol–water partition coefficient (Wildman–Crippen LogP) is 4.09. The Morgan fingerprint density at radius 2 is 1.44 bits per heavy atom. The van der Waals surface area contributed by atoms with E-state index in [1.165, 1.54) is 0 Å².